The van der Waals surface area contributed by atoms with Gasteiger partial charge in [-0.2, -0.15) is 0 Å². The number of benzene rings is 9. The molecule has 0 amide bonds. The summed E-state index contributed by atoms with van der Waals surface area (Å²) in [7, 11) is 0. The van der Waals surface area contributed by atoms with E-state index in [1.165, 1.54) is 22.3 Å². The minimum absolute atomic E-state index is 0.927. The molecule has 1 aromatic heterocycles. The normalized spacial score (nSPS) is 11.1. The van der Waals surface area contributed by atoms with Gasteiger partial charge >= 0.3 is 0 Å². The lowest BCUT2D eigenvalue weighted by atomic mass is 9.97. The number of anilines is 3. The van der Waals surface area contributed by atoms with Gasteiger partial charge in [0.1, 0.15) is 5.82 Å². The average Bonchev–Trinajstić information content (AvgIpc) is 3.71. The predicted molar refractivity (Wildman–Crippen MR) is 243 cm³/mol. The molecule has 1 heterocycles. The van der Waals surface area contributed by atoms with Gasteiger partial charge in [0, 0.05) is 28.3 Å². The Hall–Kier alpha value is -7.75. The van der Waals surface area contributed by atoms with Gasteiger partial charge in [-0.3, -0.25) is 4.57 Å². The van der Waals surface area contributed by atoms with Crippen LogP contribution in [0.1, 0.15) is 0 Å². The molecule has 0 fully saturated rings. The molecule has 0 bridgehead atoms. The Morgan fingerprint density at radius 3 is 1.28 bits per heavy atom. The number of hydrogen-bond acceptors (Lipinski definition) is 2. The first-order chi connectivity index (χ1) is 28.7. The third-order valence-electron chi connectivity index (χ3n) is 10.8. The van der Waals surface area contributed by atoms with E-state index in [-0.39, 0.29) is 0 Å². The maximum Gasteiger partial charge on any atom is 0.145 e. The highest BCUT2D eigenvalue weighted by Crippen LogP contribution is 2.41. The number of para-hydroxylation sites is 2. The third kappa shape index (κ3) is 6.87. The first-order valence-electron chi connectivity index (χ1n) is 19.7. The molecular formula is C55H39N3. The van der Waals surface area contributed by atoms with Crippen LogP contribution in [-0.2, 0) is 0 Å². The van der Waals surface area contributed by atoms with E-state index in [0.29, 0.717) is 0 Å². The molecule has 0 aliphatic carbocycles. The molecule has 0 aliphatic rings. The second-order valence-electron chi connectivity index (χ2n) is 14.5. The zero-order valence-corrected chi connectivity index (χ0v) is 31.9. The lowest BCUT2D eigenvalue weighted by molar-refractivity contribution is 1.10. The van der Waals surface area contributed by atoms with Gasteiger partial charge in [0.2, 0.25) is 0 Å². The van der Waals surface area contributed by atoms with E-state index in [0.717, 1.165) is 67.4 Å². The zero-order valence-electron chi connectivity index (χ0n) is 31.9. The van der Waals surface area contributed by atoms with Crippen LogP contribution in [0, 0.1) is 0 Å². The van der Waals surface area contributed by atoms with Crippen LogP contribution in [-0.4, -0.2) is 9.55 Å². The summed E-state index contributed by atoms with van der Waals surface area (Å²) in [4.78, 5) is 7.45. The highest BCUT2D eigenvalue weighted by Gasteiger charge is 2.18. The van der Waals surface area contributed by atoms with Gasteiger partial charge in [0.25, 0.3) is 0 Å². The van der Waals surface area contributed by atoms with Crippen molar-refractivity contribution in [3.63, 3.8) is 0 Å². The van der Waals surface area contributed by atoms with Gasteiger partial charge in [0.15, 0.2) is 0 Å². The Labute approximate surface area is 339 Å². The van der Waals surface area contributed by atoms with Crippen molar-refractivity contribution in [1.82, 2.24) is 9.55 Å². The van der Waals surface area contributed by atoms with Crippen molar-refractivity contribution in [1.29, 1.82) is 0 Å². The minimum atomic E-state index is 0.927. The van der Waals surface area contributed by atoms with Gasteiger partial charge in [-0.05, 0) is 111 Å². The summed E-state index contributed by atoms with van der Waals surface area (Å²) in [6.07, 6.45) is 0. The van der Waals surface area contributed by atoms with Gasteiger partial charge < -0.3 is 4.90 Å². The maximum absolute atomic E-state index is 5.08. The number of fused-ring (bicyclic) bond motifs is 1. The molecule has 0 N–H and O–H groups in total. The zero-order chi connectivity index (χ0) is 38.7. The van der Waals surface area contributed by atoms with Crippen LogP contribution in [0.5, 0.6) is 0 Å². The lowest BCUT2D eigenvalue weighted by Gasteiger charge is -2.27. The van der Waals surface area contributed by atoms with E-state index in [1.54, 1.807) is 0 Å². The number of imidazole rings is 1. The summed E-state index contributed by atoms with van der Waals surface area (Å²) >= 11 is 0. The molecule has 10 rings (SSSR count). The Morgan fingerprint density at radius 2 is 0.724 bits per heavy atom. The van der Waals surface area contributed by atoms with Gasteiger partial charge in [0.05, 0.1) is 11.0 Å². The van der Waals surface area contributed by atoms with Crippen LogP contribution >= 0.6 is 0 Å². The van der Waals surface area contributed by atoms with Crippen LogP contribution in [0.3, 0.4) is 0 Å². The van der Waals surface area contributed by atoms with Gasteiger partial charge in [-0.15, -0.1) is 0 Å². The summed E-state index contributed by atoms with van der Waals surface area (Å²) in [5.74, 6) is 0.927. The molecule has 0 saturated carbocycles. The van der Waals surface area contributed by atoms with Crippen molar-refractivity contribution in [3.8, 4) is 61.6 Å². The van der Waals surface area contributed by atoms with Crippen molar-refractivity contribution < 1.29 is 0 Å². The first kappa shape index (κ1) is 34.7. The molecule has 58 heavy (non-hydrogen) atoms. The van der Waals surface area contributed by atoms with E-state index in [2.05, 4.69) is 234 Å². The van der Waals surface area contributed by atoms with Crippen molar-refractivity contribution in [2.24, 2.45) is 0 Å². The van der Waals surface area contributed by atoms with Gasteiger partial charge in [-0.1, -0.05) is 170 Å². The topological polar surface area (TPSA) is 21.1 Å². The van der Waals surface area contributed by atoms with E-state index in [4.69, 9.17) is 4.98 Å². The number of aromatic nitrogens is 2. The van der Waals surface area contributed by atoms with E-state index in [9.17, 15) is 0 Å². The fourth-order valence-electron chi connectivity index (χ4n) is 7.91. The molecule has 3 heteroatoms. The van der Waals surface area contributed by atoms with Crippen molar-refractivity contribution in [3.05, 3.63) is 237 Å². The average molecular weight is 742 g/mol. The third-order valence-corrected chi connectivity index (χ3v) is 10.8. The largest absolute Gasteiger partial charge is 0.310 e. The molecule has 274 valence electrons. The second-order valence-corrected chi connectivity index (χ2v) is 14.5. The number of hydrogen-bond donors (Lipinski definition) is 0. The predicted octanol–water partition coefficient (Wildman–Crippen LogP) is 14.8. The molecule has 9 aromatic carbocycles. The molecule has 10 aromatic rings. The summed E-state index contributed by atoms with van der Waals surface area (Å²) in [5.41, 5.74) is 16.8. The molecular weight excluding hydrogens is 703 g/mol. The van der Waals surface area contributed by atoms with Crippen LogP contribution in [0.2, 0.25) is 0 Å². The van der Waals surface area contributed by atoms with E-state index in [1.807, 2.05) is 12.1 Å². The molecule has 0 aliphatic heterocycles. The molecule has 0 unspecified atom stereocenters. The summed E-state index contributed by atoms with van der Waals surface area (Å²) in [5, 5.41) is 0. The molecule has 3 nitrogen and oxygen atoms in total. The quantitative estimate of drug-likeness (QED) is 0.147. The van der Waals surface area contributed by atoms with Crippen LogP contribution in [0.15, 0.2) is 237 Å². The van der Waals surface area contributed by atoms with Crippen LogP contribution < -0.4 is 4.90 Å². The molecule has 0 atom stereocenters. The smallest absolute Gasteiger partial charge is 0.145 e. The van der Waals surface area contributed by atoms with E-state index < -0.39 is 0 Å². The fourth-order valence-corrected chi connectivity index (χ4v) is 7.91. The number of nitrogens with zero attached hydrogens (tertiary/aromatic N) is 3. The van der Waals surface area contributed by atoms with Crippen LogP contribution in [0.25, 0.3) is 72.6 Å². The highest BCUT2D eigenvalue weighted by atomic mass is 15.1. The fraction of sp³-hybridized carbons (Fsp3) is 0. The van der Waals surface area contributed by atoms with Crippen molar-refractivity contribution >= 4 is 28.1 Å². The summed E-state index contributed by atoms with van der Waals surface area (Å²) in [6, 6.07) is 84.2. The first-order valence-corrected chi connectivity index (χ1v) is 19.7. The standard InChI is InChI=1S/C55H39N3/c1-5-16-40(17-6-1)43-28-32-49(33-29-43)57(52-38-47(41-18-7-2-8-19-41)36-48(39-52)42-20-9-3-10-21-42)50-34-30-44(31-35-50)46-24-15-25-51(37-46)58-54-27-14-13-26-53(54)56-55(58)45-22-11-4-12-23-45/h1-39H. The monoisotopic (exact) mass is 741 g/mol. The highest BCUT2D eigenvalue weighted by molar-refractivity contribution is 5.87. The van der Waals surface area contributed by atoms with Gasteiger partial charge in [-0.25, -0.2) is 4.98 Å². The summed E-state index contributed by atoms with van der Waals surface area (Å²) < 4.78 is 2.27. The van der Waals surface area contributed by atoms with Crippen molar-refractivity contribution in [2.75, 3.05) is 4.90 Å². The molecule has 0 saturated heterocycles. The lowest BCUT2D eigenvalue weighted by Crippen LogP contribution is -2.10. The maximum atomic E-state index is 5.08. The van der Waals surface area contributed by atoms with Crippen LogP contribution in [0.4, 0.5) is 17.1 Å². The Morgan fingerprint density at radius 1 is 0.293 bits per heavy atom. The van der Waals surface area contributed by atoms with Crippen molar-refractivity contribution in [2.45, 2.75) is 0 Å². The summed E-state index contributed by atoms with van der Waals surface area (Å²) in [6.45, 7) is 0. The Bertz CT molecular complexity index is 2900. The SMILES string of the molecule is c1ccc(-c2ccc(N(c3ccc(-c4cccc(-n5c(-c6ccccc6)nc6ccccc65)c4)cc3)c3cc(-c4ccccc4)cc(-c4ccccc4)c3)cc2)cc1. The van der Waals surface area contributed by atoms with E-state index >= 15 is 0 Å². The molecule has 0 radical (unpaired) electrons. The minimum Gasteiger partial charge on any atom is -0.310 e. The Balaban J connectivity index is 1.08. The second kappa shape index (κ2) is 15.4. The number of rotatable bonds is 9. The molecule has 0 spiro atoms. The Kier molecular flexibility index (Phi) is 9.23.